The van der Waals surface area contributed by atoms with Crippen LogP contribution in [0.25, 0.3) is 0 Å². The number of ether oxygens (including phenoxy) is 1. The van der Waals surface area contributed by atoms with Crippen LogP contribution in [0.4, 0.5) is 4.79 Å². The molecular weight excluding hydrogens is 304 g/mol. The molecule has 1 aliphatic heterocycles. The third-order valence-electron chi connectivity index (χ3n) is 5.00. The van der Waals surface area contributed by atoms with Crippen LogP contribution in [0.5, 0.6) is 0 Å². The minimum Gasteiger partial charge on any atom is -0.381 e. The van der Waals surface area contributed by atoms with Gasteiger partial charge in [0.15, 0.2) is 0 Å². The van der Waals surface area contributed by atoms with Crippen LogP contribution in [-0.2, 0) is 14.6 Å². The van der Waals surface area contributed by atoms with Crippen LogP contribution in [-0.4, -0.2) is 51.8 Å². The summed E-state index contributed by atoms with van der Waals surface area (Å²) < 4.78 is 27.8. The van der Waals surface area contributed by atoms with Crippen molar-refractivity contribution in [3.8, 4) is 0 Å². The summed E-state index contributed by atoms with van der Waals surface area (Å²) in [6, 6.07) is -0.126. The van der Waals surface area contributed by atoms with Crippen LogP contribution >= 0.6 is 0 Å². The molecule has 0 aromatic heterocycles. The summed E-state index contributed by atoms with van der Waals surface area (Å²) in [5.41, 5.74) is 0.200. The molecule has 1 spiro atoms. The van der Waals surface area contributed by atoms with Gasteiger partial charge < -0.3 is 15.4 Å². The number of carbonyl (C=O) groups excluding carboxylic acids is 1. The monoisotopic (exact) mass is 332 g/mol. The highest BCUT2D eigenvalue weighted by Gasteiger charge is 2.44. The topological polar surface area (TPSA) is 84.5 Å². The third kappa shape index (κ3) is 4.84. The molecule has 7 heteroatoms. The Morgan fingerprint density at radius 2 is 2.00 bits per heavy atom. The van der Waals surface area contributed by atoms with E-state index in [2.05, 4.69) is 10.6 Å². The van der Waals surface area contributed by atoms with Crippen molar-refractivity contribution in [3.05, 3.63) is 0 Å². The Balaban J connectivity index is 1.81. The van der Waals surface area contributed by atoms with E-state index in [1.54, 1.807) is 0 Å². The summed E-state index contributed by atoms with van der Waals surface area (Å²) >= 11 is 0. The van der Waals surface area contributed by atoms with E-state index in [1.165, 1.54) is 6.26 Å². The van der Waals surface area contributed by atoms with Crippen molar-refractivity contribution in [2.24, 2.45) is 5.41 Å². The quantitative estimate of drug-likeness (QED) is 0.798. The minimum atomic E-state index is -2.99. The predicted octanol–water partition coefficient (Wildman–Crippen LogP) is 1.46. The molecule has 0 bridgehead atoms. The molecular formula is C15H28N2O4S. The molecule has 22 heavy (non-hydrogen) atoms. The van der Waals surface area contributed by atoms with Gasteiger partial charge in [-0.1, -0.05) is 6.42 Å². The molecule has 0 unspecified atom stereocenters. The van der Waals surface area contributed by atoms with Crippen LogP contribution in [0.1, 0.15) is 45.4 Å². The molecule has 0 radical (unpaired) electrons. The number of carbonyl (C=O) groups is 1. The predicted molar refractivity (Wildman–Crippen MR) is 85.6 cm³/mol. The smallest absolute Gasteiger partial charge is 0.315 e. The molecule has 1 saturated carbocycles. The zero-order chi connectivity index (χ0) is 16.2. The van der Waals surface area contributed by atoms with Gasteiger partial charge >= 0.3 is 6.03 Å². The zero-order valence-corrected chi connectivity index (χ0v) is 14.4. The Labute approximate surface area is 133 Å². The molecule has 6 nitrogen and oxygen atoms in total. The molecule has 1 heterocycles. The van der Waals surface area contributed by atoms with Crippen molar-refractivity contribution >= 4 is 15.9 Å². The molecule has 1 aliphatic carbocycles. The van der Waals surface area contributed by atoms with Crippen LogP contribution in [0, 0.1) is 5.41 Å². The van der Waals surface area contributed by atoms with Gasteiger partial charge in [0.05, 0.1) is 5.75 Å². The molecule has 0 aromatic rings. The van der Waals surface area contributed by atoms with Crippen LogP contribution in [0.15, 0.2) is 0 Å². The molecule has 2 amide bonds. The van der Waals surface area contributed by atoms with Crippen LogP contribution in [0.3, 0.4) is 0 Å². The first-order valence-electron chi connectivity index (χ1n) is 8.13. The van der Waals surface area contributed by atoms with Gasteiger partial charge in [-0.2, -0.15) is 0 Å². The lowest BCUT2D eigenvalue weighted by Gasteiger charge is -2.39. The molecule has 128 valence electrons. The summed E-state index contributed by atoms with van der Waals surface area (Å²) in [5, 5.41) is 5.97. The second-order valence-electron chi connectivity index (χ2n) is 6.86. The Bertz CT molecular complexity index is 486. The molecule has 2 aliphatic rings. The summed E-state index contributed by atoms with van der Waals surface area (Å²) in [6.45, 7) is 3.40. The highest BCUT2D eigenvalue weighted by atomic mass is 32.2. The van der Waals surface area contributed by atoms with Crippen LogP contribution < -0.4 is 10.6 Å². The molecule has 2 N–H and O–H groups in total. The lowest BCUT2D eigenvalue weighted by molar-refractivity contribution is 0.00619. The first-order valence-corrected chi connectivity index (χ1v) is 10.2. The van der Waals surface area contributed by atoms with Crippen molar-refractivity contribution in [2.75, 3.05) is 25.2 Å². The van der Waals surface area contributed by atoms with Gasteiger partial charge in [0.25, 0.3) is 0 Å². The summed E-state index contributed by atoms with van der Waals surface area (Å²) in [4.78, 5) is 12.2. The number of hydrogen-bond acceptors (Lipinski definition) is 4. The lowest BCUT2D eigenvalue weighted by Crippen LogP contribution is -2.51. The largest absolute Gasteiger partial charge is 0.381 e. The second kappa shape index (κ2) is 7.17. The maximum absolute atomic E-state index is 12.2. The van der Waals surface area contributed by atoms with E-state index in [-0.39, 0.29) is 29.3 Å². The Hall–Kier alpha value is -0.820. The van der Waals surface area contributed by atoms with Gasteiger partial charge in [-0.25, -0.2) is 13.2 Å². The van der Waals surface area contributed by atoms with Gasteiger partial charge in [0, 0.05) is 31.6 Å². The van der Waals surface area contributed by atoms with Crippen LogP contribution in [0.2, 0.25) is 0 Å². The average molecular weight is 332 g/mol. The van der Waals surface area contributed by atoms with Gasteiger partial charge in [-0.05, 0) is 44.4 Å². The maximum Gasteiger partial charge on any atom is 0.315 e. The Kier molecular flexibility index (Phi) is 5.71. The third-order valence-corrected chi connectivity index (χ3v) is 5.98. The highest BCUT2D eigenvalue weighted by Crippen LogP contribution is 2.45. The van der Waals surface area contributed by atoms with Gasteiger partial charge in [-0.3, -0.25) is 0 Å². The van der Waals surface area contributed by atoms with Gasteiger partial charge in [0.2, 0.25) is 0 Å². The van der Waals surface area contributed by atoms with E-state index < -0.39 is 9.84 Å². The first-order chi connectivity index (χ1) is 10.3. The average Bonchev–Trinajstić information content (AvgIpc) is 2.79. The van der Waals surface area contributed by atoms with E-state index in [0.717, 1.165) is 45.3 Å². The molecule has 0 aromatic carbocycles. The van der Waals surface area contributed by atoms with Gasteiger partial charge in [-0.15, -0.1) is 0 Å². The highest BCUT2D eigenvalue weighted by molar-refractivity contribution is 7.90. The minimum absolute atomic E-state index is 0.0964. The molecule has 2 fully saturated rings. The Morgan fingerprint density at radius 1 is 1.32 bits per heavy atom. The fourth-order valence-electron chi connectivity index (χ4n) is 3.63. The lowest BCUT2D eigenvalue weighted by atomic mass is 9.75. The van der Waals surface area contributed by atoms with E-state index >= 15 is 0 Å². The summed E-state index contributed by atoms with van der Waals surface area (Å²) in [6.07, 6.45) is 7.01. The second-order valence-corrected chi connectivity index (χ2v) is 9.12. The Morgan fingerprint density at radius 3 is 2.64 bits per heavy atom. The van der Waals surface area contributed by atoms with Crippen molar-refractivity contribution in [2.45, 2.75) is 57.5 Å². The number of nitrogens with one attached hydrogen (secondary N) is 2. The summed E-state index contributed by atoms with van der Waals surface area (Å²) in [5.74, 6) is 0.0964. The molecule has 2 rings (SSSR count). The number of urea groups is 1. The van der Waals surface area contributed by atoms with Crippen molar-refractivity contribution < 1.29 is 17.9 Å². The number of rotatable bonds is 5. The first kappa shape index (κ1) is 17.5. The fraction of sp³-hybridized carbons (Fsp3) is 0.933. The van der Waals surface area contributed by atoms with E-state index in [9.17, 15) is 13.2 Å². The number of hydrogen-bond donors (Lipinski definition) is 2. The SMILES string of the molecule is C[C@H](CCS(C)(=O)=O)NC(=O)N[C@@H]1CCCC12CCOCC2. The van der Waals surface area contributed by atoms with Crippen molar-refractivity contribution in [3.63, 3.8) is 0 Å². The van der Waals surface area contributed by atoms with E-state index in [1.807, 2.05) is 6.92 Å². The van der Waals surface area contributed by atoms with Crippen molar-refractivity contribution in [1.29, 1.82) is 0 Å². The summed E-state index contributed by atoms with van der Waals surface area (Å²) in [7, 11) is -2.99. The standard InChI is InChI=1S/C15H28N2O4S/c1-12(5-11-22(2,19)20)16-14(18)17-13-4-3-6-15(13)7-9-21-10-8-15/h12-13H,3-11H2,1-2H3,(H2,16,17,18)/t12-,13-/m1/s1. The number of sulfone groups is 1. The maximum atomic E-state index is 12.2. The van der Waals surface area contributed by atoms with Crippen molar-refractivity contribution in [1.82, 2.24) is 10.6 Å². The van der Waals surface area contributed by atoms with E-state index in [0.29, 0.717) is 6.42 Å². The molecule has 1 saturated heterocycles. The normalized spacial score (nSPS) is 25.8. The zero-order valence-electron chi connectivity index (χ0n) is 13.6. The van der Waals surface area contributed by atoms with E-state index in [4.69, 9.17) is 4.74 Å². The fourth-order valence-corrected chi connectivity index (χ4v) is 4.41. The van der Waals surface area contributed by atoms with Gasteiger partial charge in [0.1, 0.15) is 9.84 Å². The molecule has 2 atom stereocenters. The number of amides is 2.